The van der Waals surface area contributed by atoms with E-state index in [1.807, 2.05) is 18.3 Å². The van der Waals surface area contributed by atoms with Gasteiger partial charge in [-0.2, -0.15) is 0 Å². The molecular formula is C30H23N5. The number of rotatable bonds is 4. The smallest absolute Gasteiger partial charge is 0.148 e. The average Bonchev–Trinajstić information content (AvgIpc) is 3.41. The van der Waals surface area contributed by atoms with Crippen molar-refractivity contribution >= 4 is 49.4 Å². The first kappa shape index (κ1) is 19.8. The van der Waals surface area contributed by atoms with Crippen LogP contribution in [-0.4, -0.2) is 19.5 Å². The summed E-state index contributed by atoms with van der Waals surface area (Å²) in [5.74, 6) is 0.522. The quantitative estimate of drug-likeness (QED) is 0.322. The van der Waals surface area contributed by atoms with E-state index >= 15 is 0 Å². The number of aromatic amines is 1. The van der Waals surface area contributed by atoms with Crippen LogP contribution >= 0.6 is 0 Å². The van der Waals surface area contributed by atoms with Crippen molar-refractivity contribution in [1.29, 1.82) is 0 Å². The van der Waals surface area contributed by atoms with Crippen LogP contribution in [-0.2, 0) is 13.0 Å². The van der Waals surface area contributed by atoms with Crippen molar-refractivity contribution in [3.8, 4) is 0 Å². The Balaban J connectivity index is 1.33. The fourth-order valence-corrected chi connectivity index (χ4v) is 5.22. The first-order chi connectivity index (χ1) is 17.2. The third-order valence-electron chi connectivity index (χ3n) is 6.84. The van der Waals surface area contributed by atoms with Crippen molar-refractivity contribution in [2.24, 2.45) is 0 Å². The van der Waals surface area contributed by atoms with Crippen molar-refractivity contribution in [1.82, 2.24) is 19.5 Å². The number of nitrogen functional groups attached to an aromatic ring is 1. The second-order valence-electron chi connectivity index (χ2n) is 9.05. The molecule has 0 spiro atoms. The van der Waals surface area contributed by atoms with Crippen LogP contribution in [0.15, 0.2) is 97.2 Å². The lowest BCUT2D eigenvalue weighted by Crippen LogP contribution is -2.01. The van der Waals surface area contributed by atoms with Gasteiger partial charge in [0.05, 0.1) is 17.2 Å². The number of pyridine rings is 2. The average molecular weight is 454 g/mol. The molecule has 0 amide bonds. The summed E-state index contributed by atoms with van der Waals surface area (Å²) in [7, 11) is 0. The van der Waals surface area contributed by atoms with Crippen LogP contribution in [0.5, 0.6) is 0 Å². The maximum absolute atomic E-state index is 6.35. The topological polar surface area (TPSA) is 72.5 Å². The lowest BCUT2D eigenvalue weighted by Gasteiger charge is -2.08. The minimum Gasteiger partial charge on any atom is -0.382 e. The van der Waals surface area contributed by atoms with Gasteiger partial charge in [-0.1, -0.05) is 66.7 Å². The van der Waals surface area contributed by atoms with Gasteiger partial charge in [-0.05, 0) is 29.8 Å². The molecule has 5 heteroatoms. The largest absolute Gasteiger partial charge is 0.382 e. The summed E-state index contributed by atoms with van der Waals surface area (Å²) in [6, 6.07) is 31.7. The van der Waals surface area contributed by atoms with Crippen LogP contribution < -0.4 is 5.73 Å². The van der Waals surface area contributed by atoms with E-state index in [-0.39, 0.29) is 0 Å². The Hall–Kier alpha value is -4.64. The zero-order valence-corrected chi connectivity index (χ0v) is 19.1. The van der Waals surface area contributed by atoms with E-state index in [1.165, 1.54) is 21.9 Å². The maximum atomic E-state index is 6.35. The molecule has 7 rings (SSSR count). The van der Waals surface area contributed by atoms with Gasteiger partial charge < -0.3 is 15.3 Å². The van der Waals surface area contributed by atoms with Gasteiger partial charge in [0.25, 0.3) is 0 Å². The standard InChI is InChI=1S/C30H23N5/c31-30-29-25(22-10-4-6-12-26(22)34-29)16-21(33-30)14-20-15-24-23-11-5-7-13-27(23)35(28(24)17-32-20)18-19-8-2-1-3-9-19/h1-13,15-17,34H,14,18H2,(H2,31,33). The van der Waals surface area contributed by atoms with E-state index in [1.54, 1.807) is 0 Å². The van der Waals surface area contributed by atoms with Gasteiger partial charge in [0.15, 0.2) is 0 Å². The monoisotopic (exact) mass is 453 g/mol. The third kappa shape index (κ3) is 3.24. The molecule has 0 aliphatic heterocycles. The molecule has 0 bridgehead atoms. The Bertz CT molecular complexity index is 1860. The molecule has 0 fully saturated rings. The predicted octanol–water partition coefficient (Wildman–Crippen LogP) is 6.44. The summed E-state index contributed by atoms with van der Waals surface area (Å²) in [5.41, 5.74) is 13.8. The van der Waals surface area contributed by atoms with Crippen LogP contribution in [0.1, 0.15) is 17.0 Å². The van der Waals surface area contributed by atoms with Crippen molar-refractivity contribution in [2.45, 2.75) is 13.0 Å². The highest BCUT2D eigenvalue weighted by Gasteiger charge is 2.14. The summed E-state index contributed by atoms with van der Waals surface area (Å²) in [5, 5.41) is 4.71. The minimum atomic E-state index is 0.522. The van der Waals surface area contributed by atoms with Crippen molar-refractivity contribution in [3.63, 3.8) is 0 Å². The van der Waals surface area contributed by atoms with Gasteiger partial charge in [-0.15, -0.1) is 0 Å². The van der Waals surface area contributed by atoms with Gasteiger partial charge in [-0.25, -0.2) is 4.98 Å². The highest BCUT2D eigenvalue weighted by Crippen LogP contribution is 2.32. The molecule has 4 heterocycles. The molecule has 3 aromatic carbocycles. The molecule has 7 aromatic rings. The van der Waals surface area contributed by atoms with Gasteiger partial charge in [0.1, 0.15) is 5.82 Å². The fourth-order valence-electron chi connectivity index (χ4n) is 5.22. The number of para-hydroxylation sites is 2. The lowest BCUT2D eigenvalue weighted by molar-refractivity contribution is 0.865. The molecular weight excluding hydrogens is 430 g/mol. The number of aromatic nitrogens is 4. The molecule has 35 heavy (non-hydrogen) atoms. The number of H-pyrrole nitrogens is 1. The minimum absolute atomic E-state index is 0.522. The molecule has 0 saturated carbocycles. The van der Waals surface area contributed by atoms with Crippen molar-refractivity contribution in [3.05, 3.63) is 114 Å². The number of nitrogens with two attached hydrogens (primary N) is 1. The molecule has 5 nitrogen and oxygen atoms in total. The summed E-state index contributed by atoms with van der Waals surface area (Å²) in [4.78, 5) is 12.9. The van der Waals surface area contributed by atoms with E-state index in [0.29, 0.717) is 12.2 Å². The van der Waals surface area contributed by atoms with Crippen molar-refractivity contribution < 1.29 is 0 Å². The van der Waals surface area contributed by atoms with Gasteiger partial charge >= 0.3 is 0 Å². The highest BCUT2D eigenvalue weighted by molar-refractivity contribution is 6.10. The SMILES string of the molecule is Nc1nc(Cc2cc3c4ccccc4n(Cc4ccccc4)c3cn2)cc2c1[nH]c1ccccc12. The van der Waals surface area contributed by atoms with Crippen LogP contribution in [0.4, 0.5) is 5.82 Å². The molecule has 168 valence electrons. The normalized spacial score (nSPS) is 11.8. The Morgan fingerprint density at radius 3 is 2.34 bits per heavy atom. The summed E-state index contributed by atoms with van der Waals surface area (Å²) in [6.45, 7) is 0.807. The summed E-state index contributed by atoms with van der Waals surface area (Å²) < 4.78 is 2.35. The van der Waals surface area contributed by atoms with Gasteiger partial charge in [0.2, 0.25) is 0 Å². The first-order valence-corrected chi connectivity index (χ1v) is 11.8. The van der Waals surface area contributed by atoms with E-state index < -0.39 is 0 Å². The van der Waals surface area contributed by atoms with Gasteiger partial charge in [0, 0.05) is 56.9 Å². The fraction of sp³-hybridized carbons (Fsp3) is 0.0667. The lowest BCUT2D eigenvalue weighted by atomic mass is 10.1. The van der Waals surface area contributed by atoms with E-state index in [9.17, 15) is 0 Å². The summed E-state index contributed by atoms with van der Waals surface area (Å²) >= 11 is 0. The Kier molecular flexibility index (Phi) is 4.36. The number of anilines is 1. The second-order valence-corrected chi connectivity index (χ2v) is 9.05. The molecule has 0 saturated heterocycles. The van der Waals surface area contributed by atoms with E-state index in [4.69, 9.17) is 15.7 Å². The van der Waals surface area contributed by atoms with Crippen LogP contribution in [0, 0.1) is 0 Å². The number of fused-ring (bicyclic) bond motifs is 6. The van der Waals surface area contributed by atoms with Crippen LogP contribution in [0.2, 0.25) is 0 Å². The highest BCUT2D eigenvalue weighted by atomic mass is 15.0. The molecule has 0 unspecified atom stereocenters. The van der Waals surface area contributed by atoms with Crippen molar-refractivity contribution in [2.75, 3.05) is 5.73 Å². The molecule has 0 atom stereocenters. The molecule has 4 aromatic heterocycles. The van der Waals surface area contributed by atoms with E-state index in [0.717, 1.165) is 45.3 Å². The summed E-state index contributed by atoms with van der Waals surface area (Å²) in [6.07, 6.45) is 2.62. The Labute approximate surface area is 201 Å². The Morgan fingerprint density at radius 2 is 1.46 bits per heavy atom. The number of hydrogen-bond donors (Lipinski definition) is 2. The molecule has 0 radical (unpaired) electrons. The Morgan fingerprint density at radius 1 is 0.714 bits per heavy atom. The zero-order valence-electron chi connectivity index (χ0n) is 19.1. The third-order valence-corrected chi connectivity index (χ3v) is 6.84. The second kappa shape index (κ2) is 7.71. The van der Waals surface area contributed by atoms with Gasteiger partial charge in [-0.3, -0.25) is 4.98 Å². The predicted molar refractivity (Wildman–Crippen MR) is 144 cm³/mol. The number of nitrogens with one attached hydrogen (secondary N) is 1. The number of nitrogens with zero attached hydrogens (tertiary/aromatic N) is 3. The first-order valence-electron chi connectivity index (χ1n) is 11.8. The van der Waals surface area contributed by atoms with Crippen LogP contribution in [0.3, 0.4) is 0 Å². The number of benzene rings is 3. The maximum Gasteiger partial charge on any atom is 0.148 e. The molecule has 3 N–H and O–H groups in total. The molecule has 0 aliphatic carbocycles. The zero-order chi connectivity index (χ0) is 23.4. The van der Waals surface area contributed by atoms with E-state index in [2.05, 4.69) is 88.4 Å². The number of hydrogen-bond acceptors (Lipinski definition) is 3. The van der Waals surface area contributed by atoms with Crippen LogP contribution in [0.25, 0.3) is 43.6 Å². The molecule has 0 aliphatic rings.